The Morgan fingerprint density at radius 2 is 2.32 bits per heavy atom. The zero-order valence-electron chi connectivity index (χ0n) is 11.2. The summed E-state index contributed by atoms with van der Waals surface area (Å²) in [4.78, 5) is 12.3. The van der Waals surface area contributed by atoms with Crippen molar-refractivity contribution in [3.63, 3.8) is 0 Å². The second kappa shape index (κ2) is 5.44. The van der Waals surface area contributed by atoms with Crippen molar-refractivity contribution in [1.82, 2.24) is 9.78 Å². The lowest BCUT2D eigenvalue weighted by atomic mass is 10.2. The van der Waals surface area contributed by atoms with Crippen molar-refractivity contribution >= 4 is 23.0 Å². The van der Waals surface area contributed by atoms with Gasteiger partial charge in [0.05, 0.1) is 11.4 Å². The normalized spacial score (nSPS) is 10.7. The fourth-order valence-electron chi connectivity index (χ4n) is 1.93. The molecule has 2 N–H and O–H groups in total. The molecule has 0 amide bonds. The predicted octanol–water partition coefficient (Wildman–Crippen LogP) is 2.66. The first-order valence-electron chi connectivity index (χ1n) is 6.10. The van der Waals surface area contributed by atoms with E-state index in [-0.39, 0.29) is 0 Å². The van der Waals surface area contributed by atoms with Crippen molar-refractivity contribution < 1.29 is 9.90 Å². The molecule has 2 heterocycles. The summed E-state index contributed by atoms with van der Waals surface area (Å²) in [5, 5.41) is 16.7. The molecule has 0 aliphatic heterocycles. The van der Waals surface area contributed by atoms with Crippen LogP contribution < -0.4 is 5.32 Å². The summed E-state index contributed by atoms with van der Waals surface area (Å²) in [6.45, 7) is 4.62. The van der Waals surface area contributed by atoms with Crippen LogP contribution in [0.3, 0.4) is 0 Å². The van der Waals surface area contributed by atoms with Gasteiger partial charge in [0.1, 0.15) is 4.88 Å². The van der Waals surface area contributed by atoms with Gasteiger partial charge in [-0.05, 0) is 25.0 Å². The molecule has 19 heavy (non-hydrogen) atoms. The molecule has 0 saturated heterocycles. The number of anilines is 1. The summed E-state index contributed by atoms with van der Waals surface area (Å²) in [7, 11) is 1.89. The van der Waals surface area contributed by atoms with Gasteiger partial charge in [0.15, 0.2) is 0 Å². The molecule has 0 saturated carbocycles. The maximum atomic E-state index is 10.9. The quantitative estimate of drug-likeness (QED) is 0.883. The van der Waals surface area contributed by atoms with E-state index in [4.69, 9.17) is 5.11 Å². The van der Waals surface area contributed by atoms with Crippen LogP contribution in [-0.4, -0.2) is 20.9 Å². The lowest BCUT2D eigenvalue weighted by Crippen LogP contribution is -2.01. The van der Waals surface area contributed by atoms with Crippen LogP contribution in [0, 0.1) is 6.92 Å². The molecule has 2 aromatic heterocycles. The molecule has 6 heteroatoms. The van der Waals surface area contributed by atoms with Crippen LogP contribution in [-0.2, 0) is 20.0 Å². The molecule has 0 radical (unpaired) electrons. The molecule has 0 fully saturated rings. The number of aromatic carboxylic acids is 1. The summed E-state index contributed by atoms with van der Waals surface area (Å²) in [6.07, 6.45) is 2.81. The Balaban J connectivity index is 2.12. The number of nitrogens with one attached hydrogen (secondary N) is 1. The Hall–Kier alpha value is -1.82. The highest BCUT2D eigenvalue weighted by atomic mass is 32.1. The molecule has 102 valence electrons. The second-order valence-electron chi connectivity index (χ2n) is 4.37. The number of hydrogen-bond acceptors (Lipinski definition) is 4. The van der Waals surface area contributed by atoms with Gasteiger partial charge in [-0.25, -0.2) is 4.79 Å². The minimum absolute atomic E-state index is 0.385. The van der Waals surface area contributed by atoms with Crippen LogP contribution in [0.25, 0.3) is 0 Å². The molecule has 0 bridgehead atoms. The van der Waals surface area contributed by atoms with E-state index in [1.165, 1.54) is 11.3 Å². The number of carboxylic acids is 1. The number of nitrogens with zero attached hydrogens (tertiary/aromatic N) is 2. The Morgan fingerprint density at radius 1 is 1.58 bits per heavy atom. The minimum Gasteiger partial charge on any atom is -0.477 e. The molecular formula is C13H17N3O2S. The van der Waals surface area contributed by atoms with Crippen molar-refractivity contribution in [2.45, 2.75) is 26.8 Å². The average molecular weight is 279 g/mol. The lowest BCUT2D eigenvalue weighted by Gasteiger charge is -2.04. The summed E-state index contributed by atoms with van der Waals surface area (Å²) < 4.78 is 1.78. The lowest BCUT2D eigenvalue weighted by molar-refractivity contribution is 0.0702. The number of aromatic nitrogens is 2. The van der Waals surface area contributed by atoms with Crippen molar-refractivity contribution in [3.05, 3.63) is 33.3 Å². The molecule has 2 aromatic rings. The number of carboxylic acid groups (broad SMARTS) is 1. The van der Waals surface area contributed by atoms with E-state index in [9.17, 15) is 4.79 Å². The van der Waals surface area contributed by atoms with E-state index in [2.05, 4.69) is 17.3 Å². The average Bonchev–Trinajstić information content (AvgIpc) is 2.90. The molecule has 0 aliphatic rings. The SMILES string of the molecule is CCc1nn(C)cc1NCc1cc(C(=O)O)sc1C. The molecule has 0 aromatic carbocycles. The van der Waals surface area contributed by atoms with Crippen LogP contribution in [0.2, 0.25) is 0 Å². The molecule has 0 aliphatic carbocycles. The monoisotopic (exact) mass is 279 g/mol. The zero-order valence-corrected chi connectivity index (χ0v) is 12.0. The van der Waals surface area contributed by atoms with Crippen LogP contribution in [0.15, 0.2) is 12.3 Å². The van der Waals surface area contributed by atoms with Gasteiger partial charge >= 0.3 is 5.97 Å². The first kappa shape index (κ1) is 13.6. The maximum absolute atomic E-state index is 10.9. The van der Waals surface area contributed by atoms with E-state index in [0.717, 1.165) is 28.2 Å². The fraction of sp³-hybridized carbons (Fsp3) is 0.385. The summed E-state index contributed by atoms with van der Waals surface area (Å²) in [5.74, 6) is -0.866. The van der Waals surface area contributed by atoms with Gasteiger partial charge in [-0.3, -0.25) is 4.68 Å². The number of hydrogen-bond donors (Lipinski definition) is 2. The van der Waals surface area contributed by atoms with Gasteiger partial charge < -0.3 is 10.4 Å². The third-order valence-corrected chi connectivity index (χ3v) is 4.02. The maximum Gasteiger partial charge on any atom is 0.345 e. The zero-order chi connectivity index (χ0) is 14.0. The van der Waals surface area contributed by atoms with E-state index in [1.807, 2.05) is 20.2 Å². The number of aryl methyl sites for hydroxylation is 3. The smallest absolute Gasteiger partial charge is 0.345 e. The van der Waals surface area contributed by atoms with Gasteiger partial charge in [0.2, 0.25) is 0 Å². The van der Waals surface area contributed by atoms with Crippen LogP contribution in [0.1, 0.15) is 32.7 Å². The van der Waals surface area contributed by atoms with Crippen molar-refractivity contribution in [3.8, 4) is 0 Å². The predicted molar refractivity (Wildman–Crippen MR) is 75.9 cm³/mol. The standard InChI is InChI=1S/C13H17N3O2S/c1-4-10-11(7-16(3)15-10)14-6-9-5-12(13(17)18)19-8(9)2/h5,7,14H,4,6H2,1-3H3,(H,17,18). The van der Waals surface area contributed by atoms with Crippen molar-refractivity contribution in [2.75, 3.05) is 5.32 Å². The molecule has 0 atom stereocenters. The Morgan fingerprint density at radius 3 is 2.89 bits per heavy atom. The molecule has 0 spiro atoms. The van der Waals surface area contributed by atoms with Gasteiger partial charge in [-0.1, -0.05) is 6.92 Å². The van der Waals surface area contributed by atoms with Gasteiger partial charge in [-0.2, -0.15) is 5.10 Å². The van der Waals surface area contributed by atoms with Crippen LogP contribution in [0.5, 0.6) is 0 Å². The number of thiophene rings is 1. The van der Waals surface area contributed by atoms with E-state index in [1.54, 1.807) is 10.7 Å². The summed E-state index contributed by atoms with van der Waals surface area (Å²) in [5.41, 5.74) is 3.05. The van der Waals surface area contributed by atoms with Gasteiger partial charge in [0, 0.05) is 24.7 Å². The Kier molecular flexibility index (Phi) is 3.90. The molecule has 2 rings (SSSR count). The largest absolute Gasteiger partial charge is 0.477 e. The highest BCUT2D eigenvalue weighted by Crippen LogP contribution is 2.23. The highest BCUT2D eigenvalue weighted by molar-refractivity contribution is 7.14. The number of rotatable bonds is 5. The van der Waals surface area contributed by atoms with Gasteiger partial charge in [-0.15, -0.1) is 11.3 Å². The fourth-order valence-corrected chi connectivity index (χ4v) is 2.82. The van der Waals surface area contributed by atoms with Gasteiger partial charge in [0.25, 0.3) is 0 Å². The highest BCUT2D eigenvalue weighted by Gasteiger charge is 2.12. The Bertz CT molecular complexity index is 601. The molecular weight excluding hydrogens is 262 g/mol. The van der Waals surface area contributed by atoms with E-state index < -0.39 is 5.97 Å². The topological polar surface area (TPSA) is 67.2 Å². The Labute approximate surface area is 115 Å². The third kappa shape index (κ3) is 2.96. The van der Waals surface area contributed by atoms with Crippen LogP contribution >= 0.6 is 11.3 Å². The summed E-state index contributed by atoms with van der Waals surface area (Å²) in [6, 6.07) is 1.73. The minimum atomic E-state index is -0.866. The van der Waals surface area contributed by atoms with Crippen LogP contribution in [0.4, 0.5) is 5.69 Å². The van der Waals surface area contributed by atoms with Crippen molar-refractivity contribution in [2.24, 2.45) is 7.05 Å². The molecule has 0 unspecified atom stereocenters. The summed E-state index contributed by atoms with van der Waals surface area (Å²) >= 11 is 1.31. The van der Waals surface area contributed by atoms with E-state index >= 15 is 0 Å². The molecule has 5 nitrogen and oxygen atoms in total. The first-order chi connectivity index (χ1) is 9.01. The second-order valence-corrected chi connectivity index (χ2v) is 5.62. The number of carbonyl (C=O) groups is 1. The van der Waals surface area contributed by atoms with E-state index in [0.29, 0.717) is 11.4 Å². The van der Waals surface area contributed by atoms with Crippen molar-refractivity contribution in [1.29, 1.82) is 0 Å². The third-order valence-electron chi connectivity index (χ3n) is 2.94. The first-order valence-corrected chi connectivity index (χ1v) is 6.92.